The number of ether oxygens (including phenoxy) is 2. The van der Waals surface area contributed by atoms with Crippen molar-refractivity contribution in [1.82, 2.24) is 9.97 Å². The third-order valence-corrected chi connectivity index (χ3v) is 3.92. The Morgan fingerprint density at radius 1 is 1.17 bits per heavy atom. The van der Waals surface area contributed by atoms with Gasteiger partial charge < -0.3 is 19.7 Å². The molecule has 1 fully saturated rings. The summed E-state index contributed by atoms with van der Waals surface area (Å²) in [5, 5.41) is 2.82. The molecule has 0 radical (unpaired) electrons. The summed E-state index contributed by atoms with van der Waals surface area (Å²) in [5.74, 6) is 1.46. The van der Waals surface area contributed by atoms with Crippen LogP contribution in [0.1, 0.15) is 23.3 Å². The molecule has 0 bridgehead atoms. The van der Waals surface area contributed by atoms with E-state index in [-0.39, 0.29) is 5.91 Å². The number of hydrogen-bond acceptors (Lipinski definition) is 6. The van der Waals surface area contributed by atoms with Gasteiger partial charge in [-0.1, -0.05) is 0 Å². The average Bonchev–Trinajstić information content (AvgIpc) is 3.16. The van der Waals surface area contributed by atoms with Gasteiger partial charge in [0.25, 0.3) is 5.91 Å². The Balaban J connectivity index is 1.81. The minimum atomic E-state index is -0.315. The van der Waals surface area contributed by atoms with E-state index in [0.29, 0.717) is 28.8 Å². The van der Waals surface area contributed by atoms with Crippen molar-refractivity contribution in [2.24, 2.45) is 0 Å². The van der Waals surface area contributed by atoms with Crippen molar-refractivity contribution in [3.05, 3.63) is 36.2 Å². The molecule has 7 nitrogen and oxygen atoms in total. The summed E-state index contributed by atoms with van der Waals surface area (Å²) in [6.07, 6.45) is 3.86. The first-order valence-corrected chi connectivity index (χ1v) is 7.82. The van der Waals surface area contributed by atoms with E-state index in [1.165, 1.54) is 0 Å². The van der Waals surface area contributed by atoms with Crippen LogP contribution in [0.15, 0.2) is 30.5 Å². The van der Waals surface area contributed by atoms with Gasteiger partial charge in [0.05, 0.1) is 19.9 Å². The van der Waals surface area contributed by atoms with Crippen LogP contribution < -0.4 is 19.7 Å². The zero-order valence-electron chi connectivity index (χ0n) is 13.8. The van der Waals surface area contributed by atoms with Crippen LogP contribution >= 0.6 is 0 Å². The zero-order valence-corrected chi connectivity index (χ0v) is 13.8. The molecular formula is C17H20N4O3. The second kappa shape index (κ2) is 7.16. The number of carbonyl (C=O) groups is 1. The van der Waals surface area contributed by atoms with Gasteiger partial charge in [0.1, 0.15) is 17.2 Å². The Morgan fingerprint density at radius 2 is 1.96 bits per heavy atom. The minimum Gasteiger partial charge on any atom is -0.497 e. The quantitative estimate of drug-likeness (QED) is 0.908. The highest BCUT2D eigenvalue weighted by molar-refractivity contribution is 6.03. The summed E-state index contributed by atoms with van der Waals surface area (Å²) in [7, 11) is 3.12. The number of nitrogens with one attached hydrogen (secondary N) is 1. The van der Waals surface area contributed by atoms with E-state index in [0.717, 1.165) is 25.9 Å². The van der Waals surface area contributed by atoms with Crippen molar-refractivity contribution in [2.75, 3.05) is 37.5 Å². The van der Waals surface area contributed by atoms with Crippen molar-refractivity contribution < 1.29 is 14.3 Å². The minimum absolute atomic E-state index is 0.315. The zero-order chi connectivity index (χ0) is 16.9. The van der Waals surface area contributed by atoms with E-state index in [1.54, 1.807) is 44.7 Å². The first kappa shape index (κ1) is 16.0. The van der Waals surface area contributed by atoms with Gasteiger partial charge in [-0.2, -0.15) is 0 Å². The maximum absolute atomic E-state index is 12.5. The van der Waals surface area contributed by atoms with E-state index in [4.69, 9.17) is 9.47 Å². The molecule has 3 rings (SSSR count). The van der Waals surface area contributed by atoms with Crippen LogP contribution in [0.5, 0.6) is 11.5 Å². The van der Waals surface area contributed by atoms with Crippen LogP contribution in [-0.2, 0) is 0 Å². The molecular weight excluding hydrogens is 308 g/mol. The van der Waals surface area contributed by atoms with Crippen LogP contribution in [0.25, 0.3) is 0 Å². The fraction of sp³-hybridized carbons (Fsp3) is 0.353. The van der Waals surface area contributed by atoms with Crippen molar-refractivity contribution >= 4 is 17.5 Å². The van der Waals surface area contributed by atoms with E-state index < -0.39 is 0 Å². The largest absolute Gasteiger partial charge is 0.497 e. The predicted octanol–water partition coefficient (Wildman–Crippen LogP) is 2.35. The molecule has 2 aromatic rings. The number of anilines is 2. The molecule has 0 spiro atoms. The molecule has 0 atom stereocenters. The van der Waals surface area contributed by atoms with Crippen molar-refractivity contribution in [1.29, 1.82) is 0 Å². The molecule has 2 heterocycles. The van der Waals surface area contributed by atoms with Crippen molar-refractivity contribution in [3.8, 4) is 11.5 Å². The lowest BCUT2D eigenvalue weighted by atomic mass is 10.2. The number of nitrogens with zero attached hydrogens (tertiary/aromatic N) is 3. The van der Waals surface area contributed by atoms with Gasteiger partial charge >= 0.3 is 0 Å². The number of methoxy groups -OCH3 is 2. The summed E-state index contributed by atoms with van der Waals surface area (Å²) in [4.78, 5) is 23.3. The summed E-state index contributed by atoms with van der Waals surface area (Å²) in [6.45, 7) is 1.85. The van der Waals surface area contributed by atoms with E-state index in [9.17, 15) is 4.79 Å². The summed E-state index contributed by atoms with van der Waals surface area (Å²) in [5.41, 5.74) is 0.847. The highest BCUT2D eigenvalue weighted by atomic mass is 16.5. The van der Waals surface area contributed by atoms with Gasteiger partial charge in [-0.15, -0.1) is 0 Å². The summed E-state index contributed by atoms with van der Waals surface area (Å²) < 4.78 is 10.5. The van der Waals surface area contributed by atoms with Gasteiger partial charge in [-0.3, -0.25) is 4.79 Å². The molecule has 0 aliphatic carbocycles. The smallest absolute Gasteiger partial charge is 0.274 e. The third-order valence-electron chi connectivity index (χ3n) is 3.92. The van der Waals surface area contributed by atoms with Crippen LogP contribution in [-0.4, -0.2) is 43.2 Å². The van der Waals surface area contributed by atoms with E-state index in [1.807, 2.05) is 0 Å². The summed E-state index contributed by atoms with van der Waals surface area (Å²) >= 11 is 0. The molecule has 1 aromatic heterocycles. The predicted molar refractivity (Wildman–Crippen MR) is 91.0 cm³/mol. The molecule has 126 valence electrons. The lowest BCUT2D eigenvalue weighted by molar-refractivity contribution is 0.102. The van der Waals surface area contributed by atoms with Gasteiger partial charge in [0.15, 0.2) is 0 Å². The van der Waals surface area contributed by atoms with Crippen LogP contribution in [0.2, 0.25) is 0 Å². The lowest BCUT2D eigenvalue weighted by Gasteiger charge is -2.15. The third kappa shape index (κ3) is 3.40. The number of carbonyl (C=O) groups excluding carboxylic acids is 1. The molecule has 1 aliphatic heterocycles. The maximum atomic E-state index is 12.5. The Morgan fingerprint density at radius 3 is 2.67 bits per heavy atom. The number of amides is 1. The number of hydrogen-bond donors (Lipinski definition) is 1. The number of rotatable bonds is 5. The SMILES string of the molecule is COc1ccc(OC)c(NC(=O)c2ccnc(N3CCCC3)n2)c1. The molecule has 1 amide bonds. The second-order valence-electron chi connectivity index (χ2n) is 5.46. The molecule has 1 aliphatic rings. The molecule has 24 heavy (non-hydrogen) atoms. The highest BCUT2D eigenvalue weighted by Gasteiger charge is 2.18. The lowest BCUT2D eigenvalue weighted by Crippen LogP contribution is -2.22. The molecule has 1 aromatic carbocycles. The topological polar surface area (TPSA) is 76.6 Å². The maximum Gasteiger partial charge on any atom is 0.274 e. The van der Waals surface area contributed by atoms with Crippen molar-refractivity contribution in [2.45, 2.75) is 12.8 Å². The molecule has 7 heteroatoms. The van der Waals surface area contributed by atoms with Gasteiger partial charge in [0.2, 0.25) is 5.95 Å². The Hall–Kier alpha value is -2.83. The molecule has 1 N–H and O–H groups in total. The van der Waals surface area contributed by atoms with Crippen LogP contribution in [0, 0.1) is 0 Å². The monoisotopic (exact) mass is 328 g/mol. The standard InChI is InChI=1S/C17H20N4O3/c1-23-12-5-6-15(24-2)14(11-12)19-16(22)13-7-8-18-17(20-13)21-9-3-4-10-21/h5-8,11H,3-4,9-10H2,1-2H3,(H,19,22). The van der Waals surface area contributed by atoms with Gasteiger partial charge in [-0.25, -0.2) is 9.97 Å². The fourth-order valence-corrected chi connectivity index (χ4v) is 2.64. The highest BCUT2D eigenvalue weighted by Crippen LogP contribution is 2.29. The first-order valence-electron chi connectivity index (χ1n) is 7.82. The Bertz CT molecular complexity index is 730. The Labute approximate surface area is 140 Å². The van der Waals surface area contributed by atoms with Gasteiger partial charge in [-0.05, 0) is 31.0 Å². The average molecular weight is 328 g/mol. The summed E-state index contributed by atoms with van der Waals surface area (Å²) in [6, 6.07) is 6.82. The normalized spacial score (nSPS) is 13.7. The van der Waals surface area contributed by atoms with Crippen LogP contribution in [0.3, 0.4) is 0 Å². The fourth-order valence-electron chi connectivity index (χ4n) is 2.64. The van der Waals surface area contributed by atoms with Gasteiger partial charge in [0, 0.05) is 25.4 Å². The molecule has 0 saturated carbocycles. The second-order valence-corrected chi connectivity index (χ2v) is 5.46. The molecule has 0 unspecified atom stereocenters. The van der Waals surface area contributed by atoms with E-state index in [2.05, 4.69) is 20.2 Å². The van der Waals surface area contributed by atoms with Crippen LogP contribution in [0.4, 0.5) is 11.6 Å². The van der Waals surface area contributed by atoms with Crippen molar-refractivity contribution in [3.63, 3.8) is 0 Å². The first-order chi connectivity index (χ1) is 11.7. The van der Waals surface area contributed by atoms with E-state index >= 15 is 0 Å². The number of benzene rings is 1. The Kier molecular flexibility index (Phi) is 4.79. The number of aromatic nitrogens is 2. The molecule has 1 saturated heterocycles.